The summed E-state index contributed by atoms with van der Waals surface area (Å²) >= 11 is 11.3. The monoisotopic (exact) mass is 661 g/mol. The molecule has 0 bridgehead atoms. The molecular weight excluding hydrogens is 650 g/mol. The Morgan fingerprint density at radius 3 is 1.67 bits per heavy atom. The standard InChI is InChI=1S/2C12H7ClN6O2.Co/c1-14-10-11(15-2)19(3)12(16-10)18-17-7-4-6(13)8(20)5-9(7)21;1-19-9(5-15)8(4-14)16-12(19)18-17-7-2-6(13)10(20)3-11(7)21;/h4-5H,3H3,(H2,16,18,20,21);2-3H,1H3,(H2,16,18,20,21);/q;;+2/p-2. The third-order valence-corrected chi connectivity index (χ3v) is 5.66. The van der Waals surface area contributed by atoms with Crippen LogP contribution in [0.15, 0.2) is 66.3 Å². The molecule has 2 aromatic heterocycles. The molecule has 2 aromatic rings. The van der Waals surface area contributed by atoms with Crippen molar-refractivity contribution in [3.05, 3.63) is 91.3 Å². The number of aliphatic hydroxyl groups is 2. The Morgan fingerprint density at radius 2 is 1.30 bits per heavy atom. The summed E-state index contributed by atoms with van der Waals surface area (Å²) in [7, 11) is 3.01. The second kappa shape index (κ2) is 14.3. The maximum atomic E-state index is 11.2. The molecule has 0 atom stereocenters. The van der Waals surface area contributed by atoms with Crippen molar-refractivity contribution in [3.8, 4) is 12.1 Å². The van der Waals surface area contributed by atoms with E-state index in [1.54, 1.807) is 6.07 Å². The van der Waals surface area contributed by atoms with Crippen molar-refractivity contribution in [1.82, 2.24) is 19.1 Å². The summed E-state index contributed by atoms with van der Waals surface area (Å²) in [6, 6.07) is 3.59. The summed E-state index contributed by atoms with van der Waals surface area (Å²) in [6.07, 6.45) is 4.15. The van der Waals surface area contributed by atoms with Crippen LogP contribution in [-0.2, 0) is 40.5 Å². The predicted octanol–water partition coefficient (Wildman–Crippen LogP) is 1.62. The van der Waals surface area contributed by atoms with E-state index >= 15 is 0 Å². The zero-order valence-electron chi connectivity index (χ0n) is 21.5. The molecule has 1 radical (unpaired) electrons. The number of imidazole rings is 2. The average Bonchev–Trinajstić information content (AvgIpc) is 3.45. The molecule has 0 aliphatic heterocycles. The zero-order valence-corrected chi connectivity index (χ0v) is 24.0. The van der Waals surface area contributed by atoms with Gasteiger partial charge in [-0.3, -0.25) is 24.2 Å². The average molecular weight is 662 g/mol. The number of nitriles is 2. The first-order chi connectivity index (χ1) is 19.9. The number of carbonyl (C=O) groups is 2. The van der Waals surface area contributed by atoms with Crippen LogP contribution in [0.3, 0.4) is 0 Å². The second-order valence-corrected chi connectivity index (χ2v) is 8.49. The number of carbonyl (C=O) groups excluding carboxylic acids is 2. The first-order valence-electron chi connectivity index (χ1n) is 10.9. The summed E-state index contributed by atoms with van der Waals surface area (Å²) in [5.74, 6) is -1.88. The number of halogens is 2. The van der Waals surface area contributed by atoms with E-state index in [4.69, 9.17) is 46.9 Å². The molecule has 16 nitrogen and oxygen atoms in total. The van der Waals surface area contributed by atoms with Crippen LogP contribution in [0, 0.1) is 35.8 Å². The van der Waals surface area contributed by atoms with Crippen molar-refractivity contribution in [3.63, 3.8) is 0 Å². The van der Waals surface area contributed by atoms with Crippen molar-refractivity contribution in [2.24, 2.45) is 34.5 Å². The van der Waals surface area contributed by atoms with Crippen molar-refractivity contribution in [2.45, 2.75) is 0 Å². The number of hydrogen-bond donors (Lipinski definition) is 2. The quantitative estimate of drug-likeness (QED) is 0.273. The van der Waals surface area contributed by atoms with Crippen molar-refractivity contribution < 1.29 is 36.6 Å². The Morgan fingerprint density at radius 1 is 0.814 bits per heavy atom. The number of rotatable bonds is 2. The number of allylic oxidation sites excluding steroid dienone is 6. The van der Waals surface area contributed by atoms with Crippen molar-refractivity contribution in [1.29, 1.82) is 10.5 Å². The molecule has 0 unspecified atom stereocenters. The van der Waals surface area contributed by atoms with Crippen LogP contribution < -0.4 is 21.2 Å². The molecule has 19 heteroatoms. The van der Waals surface area contributed by atoms with Gasteiger partial charge in [-0.1, -0.05) is 34.9 Å². The van der Waals surface area contributed by atoms with Crippen LogP contribution in [0.25, 0.3) is 9.69 Å². The summed E-state index contributed by atoms with van der Waals surface area (Å²) in [5.41, 5.74) is -0.0517. The Hall–Kier alpha value is -5.69. The third-order valence-electron chi connectivity index (χ3n) is 5.07. The van der Waals surface area contributed by atoms with Gasteiger partial charge in [0.2, 0.25) is 17.4 Å². The van der Waals surface area contributed by atoms with E-state index in [0.29, 0.717) is 0 Å². The van der Waals surface area contributed by atoms with Gasteiger partial charge >= 0.3 is 22.4 Å². The van der Waals surface area contributed by atoms with Crippen LogP contribution in [-0.4, -0.2) is 42.3 Å². The summed E-state index contributed by atoms with van der Waals surface area (Å²) in [6.45, 7) is 13.9. The molecule has 215 valence electrons. The zero-order chi connectivity index (χ0) is 31.1. The Kier molecular flexibility index (Phi) is 11.1. The molecule has 43 heavy (non-hydrogen) atoms. The molecule has 2 aliphatic rings. The normalized spacial score (nSPS) is 16.8. The van der Waals surface area contributed by atoms with Gasteiger partial charge in [-0.05, 0) is 19.2 Å². The minimum Gasteiger partial charge on any atom is -0.560 e. The number of nitrogens with zero attached hydrogens (tertiary/aromatic N) is 12. The molecule has 2 heterocycles. The maximum Gasteiger partial charge on any atom is 2.00 e. The number of aliphatic hydroxyl groups excluding tert-OH is 2. The van der Waals surface area contributed by atoms with Crippen LogP contribution in [0.2, 0.25) is 0 Å². The van der Waals surface area contributed by atoms with Gasteiger partial charge in [0.1, 0.15) is 35.1 Å². The van der Waals surface area contributed by atoms with E-state index in [1.807, 2.05) is 6.07 Å². The molecule has 0 aromatic carbocycles. The first-order valence-corrected chi connectivity index (χ1v) is 11.6. The molecule has 0 amide bonds. The Bertz CT molecular complexity index is 1890. The molecule has 0 spiro atoms. The van der Waals surface area contributed by atoms with Gasteiger partial charge in [-0.25, -0.2) is 11.7 Å². The van der Waals surface area contributed by atoms with Crippen LogP contribution in [0.1, 0.15) is 11.4 Å². The fourth-order valence-electron chi connectivity index (χ4n) is 2.96. The van der Waals surface area contributed by atoms with E-state index in [1.165, 1.54) is 23.2 Å². The van der Waals surface area contributed by atoms with Gasteiger partial charge in [-0.2, -0.15) is 10.5 Å². The van der Waals surface area contributed by atoms with Gasteiger partial charge in [0.25, 0.3) is 0 Å². The largest absolute Gasteiger partial charge is 2.00 e. The molecular formula is C24H12Cl2CoN12O4. The fraction of sp³-hybridized carbons (Fsp3) is 0.0833. The molecule has 2 aliphatic carbocycles. The third kappa shape index (κ3) is 7.34. The summed E-state index contributed by atoms with van der Waals surface area (Å²) in [5, 5.41) is 51.6. The van der Waals surface area contributed by atoms with Gasteiger partial charge in [0.05, 0.1) is 34.3 Å². The van der Waals surface area contributed by atoms with E-state index in [9.17, 15) is 19.8 Å². The predicted molar refractivity (Wildman–Crippen MR) is 145 cm³/mol. The Balaban J connectivity index is 0.000000293. The van der Waals surface area contributed by atoms with Crippen LogP contribution in [0.4, 0.5) is 11.6 Å². The van der Waals surface area contributed by atoms with Crippen molar-refractivity contribution in [2.75, 3.05) is 0 Å². The van der Waals surface area contributed by atoms with Gasteiger partial charge in [-0.15, -0.1) is 5.10 Å². The fourth-order valence-corrected chi connectivity index (χ4v) is 3.27. The molecule has 4 rings (SSSR count). The number of hydrogen-bond acceptors (Lipinski definition) is 10. The topological polar surface area (TPSA) is 218 Å². The Labute approximate surface area is 261 Å². The van der Waals surface area contributed by atoms with Gasteiger partial charge in [0, 0.05) is 17.8 Å². The molecule has 0 fully saturated rings. The second-order valence-electron chi connectivity index (χ2n) is 7.68. The number of ketones is 2. The summed E-state index contributed by atoms with van der Waals surface area (Å²) in [4.78, 5) is 36.4. The SMILES string of the molecule is Cn1c(C#N)c(C#N)[n-]/c1=N\N=C1/C=C(Cl)C(=O)C=C1O.[C-]#[N+]c1[n-]/c(=N\N=C2/C=C(Cl)C(=O)C=C2O)n(C)c1[N+]#[C-].[Co+2]. The van der Waals surface area contributed by atoms with Gasteiger partial charge < -0.3 is 29.5 Å². The van der Waals surface area contributed by atoms with E-state index in [-0.39, 0.29) is 84.0 Å². The van der Waals surface area contributed by atoms with Crippen LogP contribution >= 0.6 is 23.2 Å². The van der Waals surface area contributed by atoms with Crippen LogP contribution in [0.5, 0.6) is 0 Å². The smallest absolute Gasteiger partial charge is 0.560 e. The molecule has 0 saturated carbocycles. The van der Waals surface area contributed by atoms with Crippen molar-refractivity contribution >= 4 is 57.8 Å². The first kappa shape index (κ1) is 33.5. The van der Waals surface area contributed by atoms with E-state index < -0.39 is 11.6 Å². The minimum absolute atomic E-state index is 0. The minimum atomic E-state index is -0.538. The molecule has 2 N–H and O–H groups in total. The van der Waals surface area contributed by atoms with E-state index in [0.717, 1.165) is 24.3 Å². The van der Waals surface area contributed by atoms with Gasteiger partial charge in [0.15, 0.2) is 0 Å². The molecule has 0 saturated heterocycles. The maximum absolute atomic E-state index is 11.2. The van der Waals surface area contributed by atoms with E-state index in [2.05, 4.69) is 40.1 Å². The number of aromatic nitrogens is 4. The summed E-state index contributed by atoms with van der Waals surface area (Å²) < 4.78 is 2.58.